The quantitative estimate of drug-likeness (QED) is 0.720. The van der Waals surface area contributed by atoms with Crippen LogP contribution in [0.2, 0.25) is 0 Å². The summed E-state index contributed by atoms with van der Waals surface area (Å²) in [5, 5.41) is 0. The van der Waals surface area contributed by atoms with E-state index < -0.39 is 5.41 Å². The van der Waals surface area contributed by atoms with E-state index in [4.69, 9.17) is 10.5 Å². The number of ketones is 1. The Morgan fingerprint density at radius 2 is 2.00 bits per heavy atom. The average molecular weight is 191 g/mol. The van der Waals surface area contributed by atoms with Crippen LogP contribution in [0.15, 0.2) is 30.3 Å². The van der Waals surface area contributed by atoms with Crippen LogP contribution < -0.4 is 5.73 Å². The van der Waals surface area contributed by atoms with Crippen LogP contribution in [0.4, 0.5) is 0 Å². The predicted octanol–water partition coefficient (Wildman–Crippen LogP) is 0.845. The molecule has 0 amide bonds. The summed E-state index contributed by atoms with van der Waals surface area (Å²) >= 11 is 0. The van der Waals surface area contributed by atoms with E-state index in [1.807, 2.05) is 30.3 Å². The van der Waals surface area contributed by atoms with Crippen LogP contribution in [0.1, 0.15) is 10.4 Å². The molecule has 0 unspecified atom stereocenters. The monoisotopic (exact) mass is 191 g/mol. The summed E-state index contributed by atoms with van der Waals surface area (Å²) in [5.41, 5.74) is 5.87. The van der Waals surface area contributed by atoms with E-state index in [2.05, 4.69) is 0 Å². The molecule has 74 valence electrons. The molecule has 1 heterocycles. The van der Waals surface area contributed by atoms with Crippen molar-refractivity contribution in [2.24, 2.45) is 11.1 Å². The Morgan fingerprint density at radius 1 is 1.36 bits per heavy atom. The zero-order valence-corrected chi connectivity index (χ0v) is 7.90. The molecule has 2 N–H and O–H groups in total. The summed E-state index contributed by atoms with van der Waals surface area (Å²) in [7, 11) is 0. The minimum Gasteiger partial charge on any atom is -0.379 e. The SMILES string of the molecule is NCC1(C(=O)c2ccccc2)COC1. The first-order valence-corrected chi connectivity index (χ1v) is 4.66. The molecule has 0 bridgehead atoms. The summed E-state index contributed by atoms with van der Waals surface area (Å²) in [5.74, 6) is 0.104. The predicted molar refractivity (Wildman–Crippen MR) is 53.1 cm³/mol. The highest BCUT2D eigenvalue weighted by molar-refractivity contribution is 6.01. The van der Waals surface area contributed by atoms with E-state index in [-0.39, 0.29) is 5.78 Å². The van der Waals surface area contributed by atoms with Gasteiger partial charge in [-0.1, -0.05) is 30.3 Å². The van der Waals surface area contributed by atoms with Gasteiger partial charge in [-0.25, -0.2) is 0 Å². The highest BCUT2D eigenvalue weighted by Crippen LogP contribution is 2.30. The van der Waals surface area contributed by atoms with Crippen molar-refractivity contribution >= 4 is 5.78 Å². The number of benzene rings is 1. The molecule has 1 aromatic carbocycles. The maximum absolute atomic E-state index is 12.0. The fourth-order valence-electron chi connectivity index (χ4n) is 1.59. The summed E-state index contributed by atoms with van der Waals surface area (Å²) in [4.78, 5) is 12.0. The number of carbonyl (C=O) groups is 1. The van der Waals surface area contributed by atoms with E-state index >= 15 is 0 Å². The third kappa shape index (κ3) is 1.35. The van der Waals surface area contributed by atoms with Crippen molar-refractivity contribution in [3.05, 3.63) is 35.9 Å². The largest absolute Gasteiger partial charge is 0.379 e. The number of hydrogen-bond acceptors (Lipinski definition) is 3. The average Bonchev–Trinajstić information content (AvgIpc) is 2.18. The second-order valence-electron chi connectivity index (χ2n) is 3.67. The van der Waals surface area contributed by atoms with Gasteiger partial charge in [0.2, 0.25) is 0 Å². The molecule has 0 aromatic heterocycles. The molecular weight excluding hydrogens is 178 g/mol. The van der Waals surface area contributed by atoms with Gasteiger partial charge in [-0.2, -0.15) is 0 Å². The van der Waals surface area contributed by atoms with Crippen molar-refractivity contribution in [3.8, 4) is 0 Å². The minimum atomic E-state index is -0.457. The van der Waals surface area contributed by atoms with Crippen LogP contribution in [0, 0.1) is 5.41 Å². The zero-order chi connectivity index (χ0) is 10.0. The Bertz CT molecular complexity index is 325. The van der Waals surface area contributed by atoms with Crippen LogP contribution in [-0.4, -0.2) is 25.5 Å². The fraction of sp³-hybridized carbons (Fsp3) is 0.364. The molecule has 0 aliphatic carbocycles. The molecule has 0 spiro atoms. The van der Waals surface area contributed by atoms with Gasteiger partial charge in [-0.15, -0.1) is 0 Å². The molecule has 1 aromatic rings. The van der Waals surface area contributed by atoms with E-state index in [1.54, 1.807) is 0 Å². The zero-order valence-electron chi connectivity index (χ0n) is 7.90. The Balaban J connectivity index is 2.23. The number of ether oxygens (including phenoxy) is 1. The van der Waals surface area contributed by atoms with Crippen LogP contribution in [0.25, 0.3) is 0 Å². The van der Waals surface area contributed by atoms with E-state index in [0.29, 0.717) is 19.8 Å². The number of hydrogen-bond donors (Lipinski definition) is 1. The van der Waals surface area contributed by atoms with Crippen molar-refractivity contribution in [2.45, 2.75) is 0 Å². The van der Waals surface area contributed by atoms with Gasteiger partial charge in [0.1, 0.15) is 0 Å². The Kier molecular flexibility index (Phi) is 2.35. The molecule has 2 rings (SSSR count). The molecule has 0 saturated carbocycles. The Hall–Kier alpha value is -1.19. The number of rotatable bonds is 3. The smallest absolute Gasteiger partial charge is 0.174 e. The van der Waals surface area contributed by atoms with Crippen molar-refractivity contribution in [3.63, 3.8) is 0 Å². The van der Waals surface area contributed by atoms with Crippen LogP contribution in [0.5, 0.6) is 0 Å². The number of nitrogens with two attached hydrogens (primary N) is 1. The Labute approximate surface area is 82.9 Å². The van der Waals surface area contributed by atoms with Crippen molar-refractivity contribution < 1.29 is 9.53 Å². The normalized spacial score (nSPS) is 18.6. The van der Waals surface area contributed by atoms with Crippen molar-refractivity contribution in [2.75, 3.05) is 19.8 Å². The first kappa shape index (κ1) is 9.37. The van der Waals surface area contributed by atoms with Gasteiger partial charge in [0.05, 0.1) is 18.6 Å². The van der Waals surface area contributed by atoms with E-state index in [9.17, 15) is 4.79 Å². The molecule has 0 atom stereocenters. The summed E-state index contributed by atoms with van der Waals surface area (Å²) in [6, 6.07) is 9.24. The first-order valence-electron chi connectivity index (χ1n) is 4.66. The Morgan fingerprint density at radius 3 is 2.43 bits per heavy atom. The van der Waals surface area contributed by atoms with Crippen molar-refractivity contribution in [1.29, 1.82) is 0 Å². The highest BCUT2D eigenvalue weighted by Gasteiger charge is 2.44. The lowest BCUT2D eigenvalue weighted by molar-refractivity contribution is -0.0816. The maximum atomic E-state index is 12.0. The van der Waals surface area contributed by atoms with Gasteiger partial charge in [-0.05, 0) is 0 Å². The van der Waals surface area contributed by atoms with E-state index in [1.165, 1.54) is 0 Å². The number of carbonyl (C=O) groups excluding carboxylic acids is 1. The van der Waals surface area contributed by atoms with Crippen LogP contribution in [-0.2, 0) is 4.74 Å². The topological polar surface area (TPSA) is 52.3 Å². The lowest BCUT2D eigenvalue weighted by Crippen LogP contribution is -2.54. The molecule has 1 aliphatic rings. The highest BCUT2D eigenvalue weighted by atomic mass is 16.5. The first-order chi connectivity index (χ1) is 6.78. The second kappa shape index (κ2) is 3.52. The van der Waals surface area contributed by atoms with Crippen LogP contribution >= 0.6 is 0 Å². The molecule has 3 nitrogen and oxygen atoms in total. The summed E-state index contributed by atoms with van der Waals surface area (Å²) < 4.78 is 5.07. The lowest BCUT2D eigenvalue weighted by atomic mass is 9.78. The summed E-state index contributed by atoms with van der Waals surface area (Å²) in [6.45, 7) is 1.27. The van der Waals surface area contributed by atoms with E-state index in [0.717, 1.165) is 5.56 Å². The maximum Gasteiger partial charge on any atom is 0.174 e. The molecular formula is C11H13NO2. The van der Waals surface area contributed by atoms with Crippen molar-refractivity contribution in [1.82, 2.24) is 0 Å². The van der Waals surface area contributed by atoms with Gasteiger partial charge in [-0.3, -0.25) is 4.79 Å². The standard InChI is InChI=1S/C11H13NO2/c12-6-11(7-14-8-11)10(13)9-4-2-1-3-5-9/h1-5H,6-8,12H2. The molecule has 14 heavy (non-hydrogen) atoms. The molecule has 1 saturated heterocycles. The molecule has 0 radical (unpaired) electrons. The van der Waals surface area contributed by atoms with Gasteiger partial charge in [0, 0.05) is 12.1 Å². The molecule has 1 fully saturated rings. The third-order valence-corrected chi connectivity index (χ3v) is 2.67. The van der Waals surface area contributed by atoms with Gasteiger partial charge >= 0.3 is 0 Å². The third-order valence-electron chi connectivity index (χ3n) is 2.67. The number of Topliss-reactive ketones (excluding diaryl/α,β-unsaturated/α-hetero) is 1. The fourth-order valence-corrected chi connectivity index (χ4v) is 1.59. The molecule has 1 aliphatic heterocycles. The minimum absolute atomic E-state index is 0.104. The lowest BCUT2D eigenvalue weighted by Gasteiger charge is -2.38. The second-order valence-corrected chi connectivity index (χ2v) is 3.67. The van der Waals surface area contributed by atoms with Gasteiger partial charge in [0.15, 0.2) is 5.78 Å². The van der Waals surface area contributed by atoms with Crippen LogP contribution in [0.3, 0.4) is 0 Å². The molecule has 3 heteroatoms. The van der Waals surface area contributed by atoms with Gasteiger partial charge in [0.25, 0.3) is 0 Å². The van der Waals surface area contributed by atoms with Gasteiger partial charge < -0.3 is 10.5 Å². The summed E-state index contributed by atoms with van der Waals surface area (Å²) in [6.07, 6.45) is 0.